The zero-order valence-electron chi connectivity index (χ0n) is 12.5. The molecule has 0 saturated heterocycles. The third-order valence-corrected chi connectivity index (χ3v) is 2.51. The molecule has 0 unspecified atom stereocenters. The molecule has 2 aromatic rings. The summed E-state index contributed by atoms with van der Waals surface area (Å²) in [5.74, 6) is 1.88. The fraction of sp³-hybridized carbons (Fsp3) is 0.538. The Hall–Kier alpha value is -2.18. The first-order chi connectivity index (χ1) is 9.38. The molecule has 0 amide bonds. The minimum absolute atomic E-state index is 0.166. The van der Waals surface area contributed by atoms with Gasteiger partial charge in [-0.3, -0.25) is 4.68 Å². The summed E-state index contributed by atoms with van der Waals surface area (Å²) in [4.78, 5) is 12.9. The second-order valence-corrected chi connectivity index (χ2v) is 5.50. The molecule has 0 radical (unpaired) electrons. The van der Waals surface area contributed by atoms with Crippen LogP contribution in [0.25, 0.3) is 0 Å². The topological polar surface area (TPSA) is 77.8 Å². The van der Waals surface area contributed by atoms with E-state index in [0.717, 1.165) is 12.4 Å². The lowest BCUT2D eigenvalue weighted by Crippen LogP contribution is -2.17. The molecule has 0 aliphatic rings. The van der Waals surface area contributed by atoms with Crippen LogP contribution in [0.1, 0.15) is 33.5 Å². The number of rotatable bonds is 4. The van der Waals surface area contributed by atoms with Crippen LogP contribution >= 0.6 is 0 Å². The number of nitrogens with zero attached hydrogens (tertiary/aromatic N) is 5. The molecular formula is C13H20N6O. The Labute approximate surface area is 118 Å². The Morgan fingerprint density at radius 3 is 2.60 bits per heavy atom. The first-order valence-electron chi connectivity index (χ1n) is 6.55. The van der Waals surface area contributed by atoms with Crippen LogP contribution in [-0.4, -0.2) is 31.3 Å². The highest BCUT2D eigenvalue weighted by molar-refractivity contribution is 5.39. The number of hydrogen-bond acceptors (Lipinski definition) is 6. The third-order valence-electron chi connectivity index (χ3n) is 2.51. The molecule has 20 heavy (non-hydrogen) atoms. The average Bonchev–Trinajstić information content (AvgIpc) is 2.74. The summed E-state index contributed by atoms with van der Waals surface area (Å²) in [6.07, 6.45) is 1.58. The third kappa shape index (κ3) is 3.43. The van der Waals surface area contributed by atoms with Gasteiger partial charge in [-0.05, 0) is 6.92 Å². The van der Waals surface area contributed by atoms with Gasteiger partial charge in [-0.2, -0.15) is 9.97 Å². The normalized spacial score (nSPS) is 11.4. The van der Waals surface area contributed by atoms with Gasteiger partial charge in [0.15, 0.2) is 0 Å². The fourth-order valence-electron chi connectivity index (χ4n) is 1.54. The van der Waals surface area contributed by atoms with Crippen molar-refractivity contribution in [3.8, 4) is 11.9 Å². The van der Waals surface area contributed by atoms with E-state index in [0.29, 0.717) is 11.7 Å². The molecule has 0 bridgehead atoms. The number of nitrogens with one attached hydrogen (secondary N) is 1. The van der Waals surface area contributed by atoms with Crippen molar-refractivity contribution in [2.45, 2.75) is 33.1 Å². The molecule has 2 rings (SSSR count). The molecule has 2 heterocycles. The van der Waals surface area contributed by atoms with Crippen molar-refractivity contribution in [3.63, 3.8) is 0 Å². The van der Waals surface area contributed by atoms with E-state index in [1.54, 1.807) is 24.1 Å². The van der Waals surface area contributed by atoms with Crippen molar-refractivity contribution in [3.05, 3.63) is 18.2 Å². The summed E-state index contributed by atoms with van der Waals surface area (Å²) in [7, 11) is 1.78. The van der Waals surface area contributed by atoms with Gasteiger partial charge in [0.25, 0.3) is 0 Å². The van der Waals surface area contributed by atoms with Crippen LogP contribution in [0.3, 0.4) is 0 Å². The molecule has 1 N–H and O–H groups in total. The Bertz CT molecular complexity index is 587. The van der Waals surface area contributed by atoms with Gasteiger partial charge in [-0.25, -0.2) is 4.98 Å². The average molecular weight is 276 g/mol. The van der Waals surface area contributed by atoms with E-state index in [9.17, 15) is 0 Å². The molecule has 0 aliphatic heterocycles. The predicted octanol–water partition coefficient (Wildman–Crippen LogP) is 2.13. The summed E-state index contributed by atoms with van der Waals surface area (Å²) in [6.45, 7) is 8.96. The van der Waals surface area contributed by atoms with Gasteiger partial charge in [0.2, 0.25) is 5.88 Å². The van der Waals surface area contributed by atoms with Crippen molar-refractivity contribution < 1.29 is 4.74 Å². The molecule has 0 aromatic carbocycles. The van der Waals surface area contributed by atoms with Crippen molar-refractivity contribution in [1.29, 1.82) is 0 Å². The number of aryl methyl sites for hydroxylation is 1. The van der Waals surface area contributed by atoms with Gasteiger partial charge in [-0.15, -0.1) is 5.10 Å². The zero-order chi connectivity index (χ0) is 14.8. The SMILES string of the molecule is CCNc1cc(Oc2ncn(C)n2)nc(C(C)(C)C)n1. The van der Waals surface area contributed by atoms with E-state index in [2.05, 4.69) is 46.1 Å². The maximum atomic E-state index is 5.59. The second kappa shape index (κ2) is 5.44. The maximum absolute atomic E-state index is 5.59. The molecule has 2 aromatic heterocycles. The van der Waals surface area contributed by atoms with E-state index in [4.69, 9.17) is 4.74 Å². The van der Waals surface area contributed by atoms with Crippen LogP contribution < -0.4 is 10.1 Å². The Kier molecular flexibility index (Phi) is 3.87. The van der Waals surface area contributed by atoms with Crippen molar-refractivity contribution in [1.82, 2.24) is 24.7 Å². The van der Waals surface area contributed by atoms with Crippen molar-refractivity contribution in [2.24, 2.45) is 7.05 Å². The lowest BCUT2D eigenvalue weighted by Gasteiger charge is -2.18. The van der Waals surface area contributed by atoms with Gasteiger partial charge < -0.3 is 10.1 Å². The molecule has 108 valence electrons. The molecule has 0 fully saturated rings. The zero-order valence-corrected chi connectivity index (χ0v) is 12.5. The second-order valence-electron chi connectivity index (χ2n) is 5.50. The number of anilines is 1. The molecule has 0 spiro atoms. The molecule has 0 atom stereocenters. The van der Waals surface area contributed by atoms with E-state index in [1.807, 2.05) is 6.92 Å². The van der Waals surface area contributed by atoms with Gasteiger partial charge in [0, 0.05) is 25.1 Å². The van der Waals surface area contributed by atoms with Crippen molar-refractivity contribution >= 4 is 5.82 Å². The molecule has 7 nitrogen and oxygen atoms in total. The van der Waals surface area contributed by atoms with E-state index in [1.165, 1.54) is 0 Å². The van der Waals surface area contributed by atoms with Crippen molar-refractivity contribution in [2.75, 3.05) is 11.9 Å². The summed E-state index contributed by atoms with van der Waals surface area (Å²) in [5.41, 5.74) is -0.166. The summed E-state index contributed by atoms with van der Waals surface area (Å²) < 4.78 is 7.16. The van der Waals surface area contributed by atoms with Gasteiger partial charge in [-0.1, -0.05) is 20.8 Å². The lowest BCUT2D eigenvalue weighted by molar-refractivity contribution is 0.412. The van der Waals surface area contributed by atoms with E-state index < -0.39 is 0 Å². The Balaban J connectivity index is 2.33. The lowest BCUT2D eigenvalue weighted by atomic mass is 9.96. The molecule has 0 saturated carbocycles. The molecule has 7 heteroatoms. The number of ether oxygens (including phenoxy) is 1. The first-order valence-corrected chi connectivity index (χ1v) is 6.55. The Morgan fingerprint density at radius 1 is 1.30 bits per heavy atom. The standard InChI is InChI=1S/C13H20N6O/c1-6-14-9-7-10(17-11(16-9)13(2,3)4)20-12-15-8-19(5)18-12/h7-8H,6H2,1-5H3,(H,14,16,17). The quantitative estimate of drug-likeness (QED) is 0.921. The van der Waals surface area contributed by atoms with E-state index in [-0.39, 0.29) is 11.4 Å². The summed E-state index contributed by atoms with van der Waals surface area (Å²) in [5, 5.41) is 7.25. The van der Waals surface area contributed by atoms with Crippen LogP contribution in [0, 0.1) is 0 Å². The summed E-state index contributed by atoms with van der Waals surface area (Å²) >= 11 is 0. The van der Waals surface area contributed by atoms with Gasteiger partial charge in [0.05, 0.1) is 0 Å². The van der Waals surface area contributed by atoms with Gasteiger partial charge in [0.1, 0.15) is 18.0 Å². The fourth-order valence-corrected chi connectivity index (χ4v) is 1.54. The van der Waals surface area contributed by atoms with Crippen LogP contribution in [0.2, 0.25) is 0 Å². The largest absolute Gasteiger partial charge is 0.404 e. The smallest absolute Gasteiger partial charge is 0.342 e. The molecule has 0 aliphatic carbocycles. The highest BCUT2D eigenvalue weighted by Gasteiger charge is 2.20. The first kappa shape index (κ1) is 14.2. The van der Waals surface area contributed by atoms with Crippen LogP contribution in [0.15, 0.2) is 12.4 Å². The maximum Gasteiger partial charge on any atom is 0.342 e. The minimum Gasteiger partial charge on any atom is -0.404 e. The Morgan fingerprint density at radius 2 is 2.05 bits per heavy atom. The van der Waals surface area contributed by atoms with Crippen LogP contribution in [0.4, 0.5) is 5.82 Å². The van der Waals surface area contributed by atoms with Crippen LogP contribution in [-0.2, 0) is 12.5 Å². The highest BCUT2D eigenvalue weighted by Crippen LogP contribution is 2.25. The number of aromatic nitrogens is 5. The number of hydrogen-bond donors (Lipinski definition) is 1. The monoisotopic (exact) mass is 276 g/mol. The minimum atomic E-state index is -0.166. The highest BCUT2D eigenvalue weighted by atomic mass is 16.5. The van der Waals surface area contributed by atoms with Gasteiger partial charge >= 0.3 is 6.01 Å². The summed E-state index contributed by atoms with van der Waals surface area (Å²) in [6, 6.07) is 2.02. The molecular weight excluding hydrogens is 256 g/mol. The van der Waals surface area contributed by atoms with Crippen LogP contribution in [0.5, 0.6) is 11.9 Å². The van der Waals surface area contributed by atoms with E-state index >= 15 is 0 Å². The predicted molar refractivity (Wildman–Crippen MR) is 76.0 cm³/mol.